The van der Waals surface area contributed by atoms with E-state index in [9.17, 15) is 4.79 Å². The van der Waals surface area contributed by atoms with Gasteiger partial charge in [0.15, 0.2) is 11.5 Å². The minimum atomic E-state index is 0.243. The number of benzene rings is 2. The van der Waals surface area contributed by atoms with Gasteiger partial charge in [-0.3, -0.25) is 9.69 Å². The summed E-state index contributed by atoms with van der Waals surface area (Å²) in [5.41, 5.74) is 0.996. The molecule has 180 valence electrons. The van der Waals surface area contributed by atoms with E-state index in [-0.39, 0.29) is 11.9 Å². The van der Waals surface area contributed by atoms with Crippen LogP contribution in [-0.4, -0.2) is 56.2 Å². The highest BCUT2D eigenvalue weighted by Gasteiger charge is 2.39. The highest BCUT2D eigenvalue weighted by atomic mass is 32.1. The molecule has 0 radical (unpaired) electrons. The number of nitrogens with zero attached hydrogens (tertiary/aromatic N) is 2. The molecule has 2 aliphatic rings. The lowest BCUT2D eigenvalue weighted by Gasteiger charge is -2.47. The van der Waals surface area contributed by atoms with E-state index in [1.165, 1.54) is 15.0 Å². The van der Waals surface area contributed by atoms with E-state index in [4.69, 9.17) is 14.2 Å². The fourth-order valence-corrected chi connectivity index (χ4v) is 6.64. The first-order chi connectivity index (χ1) is 16.6. The van der Waals surface area contributed by atoms with E-state index in [2.05, 4.69) is 40.1 Å². The second-order valence-electron chi connectivity index (χ2n) is 9.20. The lowest BCUT2D eigenvalue weighted by atomic mass is 9.83. The Morgan fingerprint density at radius 1 is 0.971 bits per heavy atom. The number of hydrogen-bond donors (Lipinski definition) is 0. The minimum Gasteiger partial charge on any atom is -0.493 e. The molecule has 0 aliphatic carbocycles. The Kier molecular flexibility index (Phi) is 6.66. The normalized spacial score (nSPS) is 20.9. The lowest BCUT2D eigenvalue weighted by molar-refractivity contribution is -0.142. The predicted molar refractivity (Wildman–Crippen MR) is 135 cm³/mol. The van der Waals surface area contributed by atoms with Crippen molar-refractivity contribution in [1.82, 2.24) is 9.80 Å². The van der Waals surface area contributed by atoms with Gasteiger partial charge in [-0.25, -0.2) is 0 Å². The molecule has 2 saturated heterocycles. The van der Waals surface area contributed by atoms with Gasteiger partial charge in [-0.1, -0.05) is 18.2 Å². The van der Waals surface area contributed by atoms with E-state index >= 15 is 0 Å². The first-order valence-electron chi connectivity index (χ1n) is 11.9. The van der Waals surface area contributed by atoms with E-state index in [0.717, 1.165) is 38.0 Å². The second kappa shape index (κ2) is 9.84. The summed E-state index contributed by atoms with van der Waals surface area (Å²) in [6.07, 6.45) is 2.59. The third-order valence-corrected chi connectivity index (χ3v) is 8.26. The molecule has 1 amide bonds. The van der Waals surface area contributed by atoms with Crippen LogP contribution in [0.15, 0.2) is 42.5 Å². The van der Waals surface area contributed by atoms with Gasteiger partial charge in [0.05, 0.1) is 21.3 Å². The summed E-state index contributed by atoms with van der Waals surface area (Å²) < 4.78 is 17.8. The molecule has 0 saturated carbocycles. The van der Waals surface area contributed by atoms with Crippen molar-refractivity contribution in [3.63, 3.8) is 0 Å². The zero-order valence-electron chi connectivity index (χ0n) is 20.1. The molecular formula is C27H32N2O4S. The zero-order valence-corrected chi connectivity index (χ0v) is 20.9. The third-order valence-electron chi connectivity index (χ3n) is 7.16. The molecule has 3 aromatic rings. The largest absolute Gasteiger partial charge is 0.493 e. The average Bonchev–Trinajstić information content (AvgIpc) is 3.27. The standard InChI is InChI=1S/C27H32N2O4S/c1-31-23-12-18(13-24(32-2)27(23)33-3)15-29-22-10-11-28(16-20(22)8-9-26(29)30)17-21-14-19-6-4-5-7-25(19)34-21/h4-7,12-14,20,22H,8-11,15-17H2,1-3H3/t20-,22+/m0/s1. The summed E-state index contributed by atoms with van der Waals surface area (Å²) in [5, 5.41) is 1.33. The molecular weight excluding hydrogens is 448 g/mol. The van der Waals surface area contributed by atoms with E-state index < -0.39 is 0 Å². The van der Waals surface area contributed by atoms with Gasteiger partial charge in [-0.05, 0) is 54.0 Å². The topological polar surface area (TPSA) is 51.2 Å². The van der Waals surface area contributed by atoms with Crippen LogP contribution >= 0.6 is 11.3 Å². The highest BCUT2D eigenvalue weighted by Crippen LogP contribution is 2.40. The summed E-state index contributed by atoms with van der Waals surface area (Å²) in [6.45, 7) is 3.60. The molecule has 7 heteroatoms. The van der Waals surface area contributed by atoms with E-state index in [0.29, 0.717) is 36.1 Å². The number of methoxy groups -OCH3 is 3. The van der Waals surface area contributed by atoms with Gasteiger partial charge in [-0.15, -0.1) is 11.3 Å². The van der Waals surface area contributed by atoms with Crippen LogP contribution in [-0.2, 0) is 17.9 Å². The fraction of sp³-hybridized carbons (Fsp3) is 0.444. The van der Waals surface area contributed by atoms with Crippen LogP contribution in [0.4, 0.5) is 0 Å². The van der Waals surface area contributed by atoms with Crippen molar-refractivity contribution in [3.05, 3.63) is 52.9 Å². The van der Waals surface area contributed by atoms with Crippen LogP contribution in [0.2, 0.25) is 0 Å². The summed E-state index contributed by atoms with van der Waals surface area (Å²) >= 11 is 1.89. The van der Waals surface area contributed by atoms with Gasteiger partial charge in [0.1, 0.15) is 0 Å². The average molecular weight is 481 g/mol. The number of carbonyl (C=O) groups excluding carboxylic acids is 1. The molecule has 34 heavy (non-hydrogen) atoms. The summed E-state index contributed by atoms with van der Waals surface area (Å²) in [7, 11) is 4.84. The van der Waals surface area contributed by atoms with Crippen LogP contribution in [0, 0.1) is 5.92 Å². The highest BCUT2D eigenvalue weighted by molar-refractivity contribution is 7.19. The Labute approximate surface area is 205 Å². The molecule has 3 heterocycles. The van der Waals surface area contributed by atoms with Gasteiger partial charge < -0.3 is 19.1 Å². The summed E-state index contributed by atoms with van der Waals surface area (Å²) in [4.78, 5) is 19.1. The van der Waals surface area contributed by atoms with Crippen LogP contribution in [0.1, 0.15) is 29.7 Å². The molecule has 2 aliphatic heterocycles. The Balaban J connectivity index is 1.30. The lowest BCUT2D eigenvalue weighted by Crippen LogP contribution is -2.55. The number of carbonyl (C=O) groups is 1. The quantitative estimate of drug-likeness (QED) is 0.479. The van der Waals surface area contributed by atoms with Crippen molar-refractivity contribution in [2.75, 3.05) is 34.4 Å². The van der Waals surface area contributed by atoms with Crippen molar-refractivity contribution in [2.45, 2.75) is 38.4 Å². The van der Waals surface area contributed by atoms with Gasteiger partial charge in [0.25, 0.3) is 0 Å². The van der Waals surface area contributed by atoms with Crippen molar-refractivity contribution in [3.8, 4) is 17.2 Å². The third kappa shape index (κ3) is 4.46. The number of likely N-dealkylation sites (tertiary alicyclic amines) is 2. The van der Waals surface area contributed by atoms with Crippen LogP contribution in [0.5, 0.6) is 17.2 Å². The molecule has 6 nitrogen and oxygen atoms in total. The molecule has 1 aromatic heterocycles. The summed E-state index contributed by atoms with van der Waals surface area (Å²) in [5.74, 6) is 2.56. The molecule has 5 rings (SSSR count). The monoisotopic (exact) mass is 480 g/mol. The maximum Gasteiger partial charge on any atom is 0.223 e. The van der Waals surface area contributed by atoms with Gasteiger partial charge >= 0.3 is 0 Å². The Morgan fingerprint density at radius 3 is 2.44 bits per heavy atom. The van der Waals surface area contributed by atoms with Gasteiger partial charge in [-0.2, -0.15) is 0 Å². The van der Waals surface area contributed by atoms with Crippen molar-refractivity contribution < 1.29 is 19.0 Å². The molecule has 0 N–H and O–H groups in total. The number of piperidine rings is 2. The number of amides is 1. The SMILES string of the molecule is COc1cc(CN2C(=O)CC[C@H]3CN(Cc4cc5ccccc5s4)CC[C@H]32)cc(OC)c1OC. The molecule has 0 spiro atoms. The smallest absolute Gasteiger partial charge is 0.223 e. The molecule has 2 atom stereocenters. The maximum absolute atomic E-state index is 13.0. The van der Waals surface area contributed by atoms with E-state index in [1.54, 1.807) is 21.3 Å². The number of fused-ring (bicyclic) bond motifs is 2. The van der Waals surface area contributed by atoms with Gasteiger partial charge in [0.2, 0.25) is 11.7 Å². The number of ether oxygens (including phenoxy) is 3. The second-order valence-corrected chi connectivity index (χ2v) is 10.4. The number of hydrogen-bond acceptors (Lipinski definition) is 6. The number of rotatable bonds is 7. The van der Waals surface area contributed by atoms with Crippen molar-refractivity contribution in [2.24, 2.45) is 5.92 Å². The van der Waals surface area contributed by atoms with Crippen LogP contribution in [0.3, 0.4) is 0 Å². The Bertz CT molecular complexity index is 1120. The molecule has 2 aromatic carbocycles. The Hall–Kier alpha value is -2.77. The zero-order chi connectivity index (χ0) is 23.7. The fourth-order valence-electron chi connectivity index (χ4n) is 5.53. The van der Waals surface area contributed by atoms with Crippen LogP contribution in [0.25, 0.3) is 10.1 Å². The number of thiophene rings is 1. The molecule has 0 bridgehead atoms. The van der Waals surface area contributed by atoms with Gasteiger partial charge in [0, 0.05) is 48.2 Å². The first kappa shape index (κ1) is 23.0. The van der Waals surface area contributed by atoms with Crippen LogP contribution < -0.4 is 14.2 Å². The van der Waals surface area contributed by atoms with Crippen molar-refractivity contribution in [1.29, 1.82) is 0 Å². The molecule has 0 unspecified atom stereocenters. The summed E-state index contributed by atoms with van der Waals surface area (Å²) in [6, 6.07) is 15.1. The van der Waals surface area contributed by atoms with E-state index in [1.807, 2.05) is 23.5 Å². The van der Waals surface area contributed by atoms with Crippen molar-refractivity contribution >= 4 is 27.3 Å². The molecule has 2 fully saturated rings. The first-order valence-corrected chi connectivity index (χ1v) is 12.7. The minimum absolute atomic E-state index is 0.243. The predicted octanol–water partition coefficient (Wildman–Crippen LogP) is 4.94. The maximum atomic E-state index is 13.0. The Morgan fingerprint density at radius 2 is 1.74 bits per heavy atom.